The summed E-state index contributed by atoms with van der Waals surface area (Å²) < 4.78 is 0. The molecule has 2 unspecified atom stereocenters. The van der Waals surface area contributed by atoms with Gasteiger partial charge in [-0.25, -0.2) is 0 Å². The summed E-state index contributed by atoms with van der Waals surface area (Å²) in [5.74, 6) is -3.77. The number of amides is 4. The van der Waals surface area contributed by atoms with Crippen molar-refractivity contribution >= 4 is 29.6 Å². The van der Waals surface area contributed by atoms with Gasteiger partial charge in [-0.05, 0) is 23.6 Å². The van der Waals surface area contributed by atoms with Gasteiger partial charge in [0, 0.05) is 32.1 Å². The average molecular weight is 400 g/mol. The first-order chi connectivity index (χ1) is 13.9. The molecule has 29 heavy (non-hydrogen) atoms. The van der Waals surface area contributed by atoms with E-state index in [4.69, 9.17) is 0 Å². The predicted molar refractivity (Wildman–Crippen MR) is 98.2 cm³/mol. The summed E-state index contributed by atoms with van der Waals surface area (Å²) in [6.07, 6.45) is 0.339. The van der Waals surface area contributed by atoms with Crippen molar-refractivity contribution in [1.29, 1.82) is 0 Å². The van der Waals surface area contributed by atoms with Crippen LogP contribution in [0.3, 0.4) is 0 Å². The molecule has 2 fully saturated rings. The number of carboxylic acids is 1. The summed E-state index contributed by atoms with van der Waals surface area (Å²) in [5, 5.41) is 17.1. The van der Waals surface area contributed by atoms with Crippen molar-refractivity contribution in [3.05, 3.63) is 34.4 Å². The first kappa shape index (κ1) is 19.2. The molecule has 0 saturated carbocycles. The number of imide groups is 2. The number of benzene rings is 1. The highest BCUT2D eigenvalue weighted by Gasteiger charge is 2.40. The number of piperazine rings is 1. The second-order valence-corrected chi connectivity index (χ2v) is 7.36. The maximum atomic E-state index is 12.6. The van der Waals surface area contributed by atoms with Crippen LogP contribution in [-0.4, -0.2) is 65.8 Å². The Balaban J connectivity index is 1.86. The highest BCUT2D eigenvalue weighted by Crippen LogP contribution is 2.38. The molecule has 0 aliphatic carbocycles. The monoisotopic (exact) mass is 400 g/mol. The van der Waals surface area contributed by atoms with Crippen LogP contribution in [0.15, 0.2) is 12.1 Å². The summed E-state index contributed by atoms with van der Waals surface area (Å²) in [5.41, 5.74) is 1.35. The fraction of sp³-hybridized carbons (Fsp3) is 0.421. The van der Waals surface area contributed by atoms with Gasteiger partial charge in [0.1, 0.15) is 0 Å². The number of hydrogen-bond donors (Lipinski definition) is 4. The third-order valence-corrected chi connectivity index (χ3v) is 5.62. The van der Waals surface area contributed by atoms with Crippen LogP contribution in [0.25, 0.3) is 0 Å². The molecule has 152 valence electrons. The summed E-state index contributed by atoms with van der Waals surface area (Å²) in [6.45, 7) is 1.33. The fourth-order valence-corrected chi connectivity index (χ4v) is 4.35. The molecule has 3 aliphatic rings. The third kappa shape index (κ3) is 3.40. The zero-order valence-electron chi connectivity index (χ0n) is 15.5. The van der Waals surface area contributed by atoms with Crippen LogP contribution in [0.2, 0.25) is 0 Å². The molecule has 2 atom stereocenters. The molecule has 1 aromatic rings. The van der Waals surface area contributed by atoms with Gasteiger partial charge in [0.2, 0.25) is 11.8 Å². The number of fused-ring (bicyclic) bond motifs is 1. The minimum absolute atomic E-state index is 0.122. The van der Waals surface area contributed by atoms with Crippen LogP contribution in [0.5, 0.6) is 0 Å². The number of nitrogens with one attached hydrogen (secondary N) is 3. The first-order valence-electron chi connectivity index (χ1n) is 9.39. The number of carbonyl (C=O) groups excluding carboxylic acids is 4. The lowest BCUT2D eigenvalue weighted by atomic mass is 9.80. The van der Waals surface area contributed by atoms with E-state index in [1.54, 1.807) is 11.0 Å². The van der Waals surface area contributed by atoms with Gasteiger partial charge in [-0.2, -0.15) is 0 Å². The van der Waals surface area contributed by atoms with E-state index in [1.807, 2.05) is 0 Å². The highest BCUT2D eigenvalue weighted by molar-refractivity contribution is 6.23. The number of piperidine rings is 1. The van der Waals surface area contributed by atoms with Gasteiger partial charge >= 0.3 is 5.97 Å². The Morgan fingerprint density at radius 2 is 1.93 bits per heavy atom. The van der Waals surface area contributed by atoms with E-state index in [2.05, 4.69) is 16.0 Å². The van der Waals surface area contributed by atoms with E-state index in [1.165, 1.54) is 6.07 Å². The first-order valence-corrected chi connectivity index (χ1v) is 9.39. The smallest absolute Gasteiger partial charge is 0.317 e. The molecular formula is C19H20N4O6. The van der Waals surface area contributed by atoms with Crippen LogP contribution >= 0.6 is 0 Å². The third-order valence-electron chi connectivity index (χ3n) is 5.62. The molecule has 10 heteroatoms. The van der Waals surface area contributed by atoms with E-state index in [9.17, 15) is 29.1 Å². The number of rotatable bonds is 4. The van der Waals surface area contributed by atoms with E-state index in [0.29, 0.717) is 30.8 Å². The van der Waals surface area contributed by atoms with Crippen molar-refractivity contribution in [3.8, 4) is 0 Å². The van der Waals surface area contributed by atoms with E-state index in [0.717, 1.165) is 0 Å². The molecule has 4 amide bonds. The molecule has 4 rings (SSSR count). The molecule has 4 N–H and O–H groups in total. The van der Waals surface area contributed by atoms with Crippen LogP contribution in [-0.2, 0) is 14.4 Å². The minimum Gasteiger partial charge on any atom is -0.480 e. The normalized spacial score (nSPS) is 24.8. The van der Waals surface area contributed by atoms with Crippen molar-refractivity contribution < 1.29 is 29.1 Å². The van der Waals surface area contributed by atoms with Crippen LogP contribution < -0.4 is 16.0 Å². The van der Waals surface area contributed by atoms with E-state index < -0.39 is 35.7 Å². The minimum atomic E-state index is -0.978. The molecule has 0 radical (unpaired) electrons. The van der Waals surface area contributed by atoms with Crippen molar-refractivity contribution in [2.75, 3.05) is 26.2 Å². The number of carboxylic acid groups (broad SMARTS) is 1. The van der Waals surface area contributed by atoms with Gasteiger partial charge in [0.05, 0.1) is 23.6 Å². The van der Waals surface area contributed by atoms with Crippen molar-refractivity contribution in [1.82, 2.24) is 20.9 Å². The Bertz CT molecular complexity index is 943. The molecule has 10 nitrogen and oxygen atoms in total. The summed E-state index contributed by atoms with van der Waals surface area (Å²) in [6, 6.07) is 2.82. The Labute approximate surface area is 165 Å². The second-order valence-electron chi connectivity index (χ2n) is 7.36. The second kappa shape index (κ2) is 7.37. The molecule has 0 bridgehead atoms. The Kier molecular flexibility index (Phi) is 4.89. The zero-order chi connectivity index (χ0) is 20.7. The molecule has 3 aliphatic heterocycles. The Morgan fingerprint density at radius 3 is 2.66 bits per heavy atom. The molecule has 2 saturated heterocycles. The largest absolute Gasteiger partial charge is 0.480 e. The summed E-state index contributed by atoms with van der Waals surface area (Å²) >= 11 is 0. The van der Waals surface area contributed by atoms with E-state index in [-0.39, 0.29) is 36.4 Å². The maximum Gasteiger partial charge on any atom is 0.317 e. The van der Waals surface area contributed by atoms with Gasteiger partial charge in [0.25, 0.3) is 11.8 Å². The van der Waals surface area contributed by atoms with Gasteiger partial charge in [-0.3, -0.25) is 39.5 Å². The van der Waals surface area contributed by atoms with Crippen molar-refractivity contribution in [2.45, 2.75) is 24.8 Å². The molecular weight excluding hydrogens is 380 g/mol. The molecule has 1 aromatic carbocycles. The molecule has 0 spiro atoms. The lowest BCUT2D eigenvalue weighted by Crippen LogP contribution is -2.48. The SMILES string of the molecule is O=C(O)CN1CCNCC1c1ccc2c(c1C1CCC(=O)NC1=O)C(=O)NC2=O. The quantitative estimate of drug-likeness (QED) is 0.477. The lowest BCUT2D eigenvalue weighted by Gasteiger charge is -2.37. The predicted octanol–water partition coefficient (Wildman–Crippen LogP) is -0.879. The van der Waals surface area contributed by atoms with Crippen LogP contribution in [0.1, 0.15) is 56.6 Å². The lowest BCUT2D eigenvalue weighted by molar-refractivity contribution is -0.139. The summed E-state index contributed by atoms with van der Waals surface area (Å²) in [7, 11) is 0. The summed E-state index contributed by atoms with van der Waals surface area (Å²) in [4.78, 5) is 62.0. The fourth-order valence-electron chi connectivity index (χ4n) is 4.35. The van der Waals surface area contributed by atoms with Crippen LogP contribution in [0.4, 0.5) is 0 Å². The highest BCUT2D eigenvalue weighted by atomic mass is 16.4. The molecule has 3 heterocycles. The molecule has 0 aromatic heterocycles. The number of hydrogen-bond acceptors (Lipinski definition) is 7. The number of carbonyl (C=O) groups is 5. The zero-order valence-corrected chi connectivity index (χ0v) is 15.5. The number of aliphatic carboxylic acids is 1. The number of nitrogens with zero attached hydrogens (tertiary/aromatic N) is 1. The van der Waals surface area contributed by atoms with Gasteiger partial charge in [-0.1, -0.05) is 6.07 Å². The van der Waals surface area contributed by atoms with Gasteiger partial charge < -0.3 is 10.4 Å². The van der Waals surface area contributed by atoms with Crippen molar-refractivity contribution in [3.63, 3.8) is 0 Å². The van der Waals surface area contributed by atoms with E-state index >= 15 is 0 Å². The average Bonchev–Trinajstić information content (AvgIpc) is 2.95. The van der Waals surface area contributed by atoms with Crippen molar-refractivity contribution in [2.24, 2.45) is 0 Å². The Morgan fingerprint density at radius 1 is 1.14 bits per heavy atom. The standard InChI is InChI=1S/C19H20N4O6/c24-13-4-3-10(17(27)21-13)15-9(1-2-11-16(15)19(29)22-18(11)28)12-7-20-5-6-23(12)8-14(25)26/h1-2,10,12,20H,3-8H2,(H,25,26)(H,21,24,27)(H,22,28,29). The van der Waals surface area contributed by atoms with Gasteiger partial charge in [0.15, 0.2) is 0 Å². The van der Waals surface area contributed by atoms with Crippen LogP contribution in [0, 0.1) is 0 Å². The Hall–Kier alpha value is -3.11. The maximum absolute atomic E-state index is 12.6. The van der Waals surface area contributed by atoms with Gasteiger partial charge in [-0.15, -0.1) is 0 Å². The topological polar surface area (TPSA) is 145 Å².